The summed E-state index contributed by atoms with van der Waals surface area (Å²) < 4.78 is 6.03. The number of pyridine rings is 2. The summed E-state index contributed by atoms with van der Waals surface area (Å²) in [6.07, 6.45) is 1.70. The number of rotatable bonds is 3. The van der Waals surface area contributed by atoms with Gasteiger partial charge in [0.15, 0.2) is 0 Å². The van der Waals surface area contributed by atoms with Crippen LogP contribution in [0.5, 0.6) is 11.5 Å². The lowest BCUT2D eigenvalue weighted by Crippen LogP contribution is -1.94. The first-order chi connectivity index (χ1) is 11.6. The molecule has 3 aromatic rings. The maximum absolute atomic E-state index is 9.18. The predicted molar refractivity (Wildman–Crippen MR) is 92.9 cm³/mol. The molecule has 4 heteroatoms. The van der Waals surface area contributed by atoms with Crippen molar-refractivity contribution >= 4 is 0 Å². The SMILES string of the molecule is Cc1cc(Oc2cc(C#N)ccc2-c2ccc(C)c(C)n2)ccn1. The van der Waals surface area contributed by atoms with Crippen molar-refractivity contribution in [2.75, 3.05) is 0 Å². The minimum Gasteiger partial charge on any atom is -0.456 e. The quantitative estimate of drug-likeness (QED) is 0.701. The van der Waals surface area contributed by atoms with E-state index in [1.165, 1.54) is 0 Å². The lowest BCUT2D eigenvalue weighted by molar-refractivity contribution is 0.483. The number of nitriles is 1. The second-order valence-electron chi connectivity index (χ2n) is 5.66. The zero-order valence-electron chi connectivity index (χ0n) is 13.9. The van der Waals surface area contributed by atoms with E-state index in [0.29, 0.717) is 17.1 Å². The van der Waals surface area contributed by atoms with Crippen molar-refractivity contribution in [3.05, 3.63) is 71.2 Å². The normalized spacial score (nSPS) is 10.2. The third-order valence-electron chi connectivity index (χ3n) is 3.83. The fourth-order valence-corrected chi connectivity index (χ4v) is 2.38. The van der Waals surface area contributed by atoms with Gasteiger partial charge in [0.1, 0.15) is 11.5 Å². The van der Waals surface area contributed by atoms with Gasteiger partial charge >= 0.3 is 0 Å². The highest BCUT2D eigenvalue weighted by Gasteiger charge is 2.11. The summed E-state index contributed by atoms with van der Waals surface area (Å²) in [5.41, 5.74) is 5.20. The molecule has 0 aliphatic heterocycles. The van der Waals surface area contributed by atoms with Crippen molar-refractivity contribution in [1.29, 1.82) is 5.26 Å². The van der Waals surface area contributed by atoms with E-state index in [4.69, 9.17) is 4.74 Å². The van der Waals surface area contributed by atoms with Crippen LogP contribution >= 0.6 is 0 Å². The third kappa shape index (κ3) is 3.26. The van der Waals surface area contributed by atoms with Crippen LogP contribution < -0.4 is 4.74 Å². The minimum atomic E-state index is 0.545. The highest BCUT2D eigenvalue weighted by Crippen LogP contribution is 2.33. The van der Waals surface area contributed by atoms with Gasteiger partial charge in [-0.15, -0.1) is 0 Å². The Morgan fingerprint density at radius 3 is 2.54 bits per heavy atom. The van der Waals surface area contributed by atoms with E-state index in [-0.39, 0.29) is 0 Å². The molecular weight excluding hydrogens is 298 g/mol. The van der Waals surface area contributed by atoms with Crippen LogP contribution in [0, 0.1) is 32.1 Å². The van der Waals surface area contributed by atoms with Gasteiger partial charge in [-0.1, -0.05) is 6.07 Å². The number of ether oxygens (including phenoxy) is 1. The van der Waals surface area contributed by atoms with Crippen molar-refractivity contribution in [1.82, 2.24) is 9.97 Å². The van der Waals surface area contributed by atoms with Crippen molar-refractivity contribution in [3.63, 3.8) is 0 Å². The van der Waals surface area contributed by atoms with E-state index in [9.17, 15) is 5.26 Å². The Kier molecular flexibility index (Phi) is 4.26. The second kappa shape index (κ2) is 6.51. The van der Waals surface area contributed by atoms with Crippen molar-refractivity contribution in [2.24, 2.45) is 0 Å². The zero-order valence-corrected chi connectivity index (χ0v) is 13.9. The van der Waals surface area contributed by atoms with Crippen molar-refractivity contribution in [3.8, 4) is 28.8 Å². The van der Waals surface area contributed by atoms with Gasteiger partial charge in [0.05, 0.1) is 17.3 Å². The highest BCUT2D eigenvalue weighted by molar-refractivity contribution is 5.69. The molecule has 0 aliphatic carbocycles. The Labute approximate surface area is 141 Å². The van der Waals surface area contributed by atoms with Crippen LogP contribution in [0.15, 0.2) is 48.7 Å². The van der Waals surface area contributed by atoms with Gasteiger partial charge in [-0.2, -0.15) is 5.26 Å². The van der Waals surface area contributed by atoms with Gasteiger partial charge in [0.2, 0.25) is 0 Å². The van der Waals surface area contributed by atoms with E-state index >= 15 is 0 Å². The molecule has 0 saturated carbocycles. The molecule has 118 valence electrons. The van der Waals surface area contributed by atoms with Crippen molar-refractivity contribution < 1.29 is 4.74 Å². The maximum atomic E-state index is 9.18. The lowest BCUT2D eigenvalue weighted by Gasteiger charge is -2.12. The molecule has 2 aromatic heterocycles. The monoisotopic (exact) mass is 315 g/mol. The number of benzene rings is 1. The molecule has 24 heavy (non-hydrogen) atoms. The van der Waals surface area contributed by atoms with Crippen LogP contribution in [-0.2, 0) is 0 Å². The summed E-state index contributed by atoms with van der Waals surface area (Å²) in [4.78, 5) is 8.82. The van der Waals surface area contributed by atoms with Crippen molar-refractivity contribution in [2.45, 2.75) is 20.8 Å². The smallest absolute Gasteiger partial charge is 0.138 e. The first kappa shape index (κ1) is 15.7. The molecule has 0 unspecified atom stereocenters. The number of aromatic nitrogens is 2. The molecular formula is C20H17N3O. The standard InChI is InChI=1S/C20H17N3O/c1-13-4-7-19(23-15(13)3)18-6-5-16(12-21)11-20(18)24-17-8-9-22-14(2)10-17/h4-11H,1-3H3. The first-order valence-electron chi connectivity index (χ1n) is 7.66. The Hall–Kier alpha value is -3.19. The van der Waals surface area contributed by atoms with E-state index in [2.05, 4.69) is 16.0 Å². The van der Waals surface area contributed by atoms with Gasteiger partial charge < -0.3 is 4.74 Å². The molecule has 3 rings (SSSR count). The molecule has 0 amide bonds. The molecule has 0 bridgehead atoms. The minimum absolute atomic E-state index is 0.545. The van der Waals surface area contributed by atoms with E-state index in [1.54, 1.807) is 24.4 Å². The average Bonchev–Trinajstić information content (AvgIpc) is 2.57. The highest BCUT2D eigenvalue weighted by atomic mass is 16.5. The van der Waals surface area contributed by atoms with Crippen LogP contribution in [0.4, 0.5) is 0 Å². The van der Waals surface area contributed by atoms with E-state index in [1.807, 2.05) is 45.0 Å². The van der Waals surface area contributed by atoms with Crippen LogP contribution in [0.1, 0.15) is 22.5 Å². The summed E-state index contributed by atoms with van der Waals surface area (Å²) in [7, 11) is 0. The number of nitrogens with zero attached hydrogens (tertiary/aromatic N) is 3. The Bertz CT molecular complexity index is 942. The molecule has 0 radical (unpaired) electrons. The van der Waals surface area contributed by atoms with E-state index < -0.39 is 0 Å². The van der Waals surface area contributed by atoms with Gasteiger partial charge in [-0.25, -0.2) is 0 Å². The molecule has 0 atom stereocenters. The summed E-state index contributed by atoms with van der Waals surface area (Å²) in [6.45, 7) is 5.92. The first-order valence-corrected chi connectivity index (χ1v) is 7.66. The Morgan fingerprint density at radius 1 is 1.00 bits per heavy atom. The predicted octanol–water partition coefficient (Wildman–Crippen LogP) is 4.73. The summed E-state index contributed by atoms with van der Waals surface area (Å²) in [6, 6.07) is 15.2. The molecule has 0 fully saturated rings. The summed E-state index contributed by atoms with van der Waals surface area (Å²) in [5.74, 6) is 1.29. The molecule has 1 aromatic carbocycles. The Morgan fingerprint density at radius 2 is 1.83 bits per heavy atom. The summed E-state index contributed by atoms with van der Waals surface area (Å²) >= 11 is 0. The zero-order chi connectivity index (χ0) is 17.1. The van der Waals surface area contributed by atoms with Crippen LogP contribution in [0.3, 0.4) is 0 Å². The van der Waals surface area contributed by atoms with E-state index in [0.717, 1.165) is 28.2 Å². The molecule has 0 saturated heterocycles. The largest absolute Gasteiger partial charge is 0.456 e. The fourth-order valence-electron chi connectivity index (χ4n) is 2.38. The van der Waals surface area contributed by atoms with Gasteiger partial charge in [-0.3, -0.25) is 9.97 Å². The second-order valence-corrected chi connectivity index (χ2v) is 5.66. The number of aryl methyl sites for hydroxylation is 3. The topological polar surface area (TPSA) is 58.8 Å². The lowest BCUT2D eigenvalue weighted by atomic mass is 10.1. The van der Waals surface area contributed by atoms with Gasteiger partial charge in [-0.05, 0) is 56.7 Å². The fraction of sp³-hybridized carbons (Fsp3) is 0.150. The summed E-state index contributed by atoms with van der Waals surface area (Å²) in [5, 5.41) is 9.18. The Balaban J connectivity index is 2.09. The van der Waals surface area contributed by atoms with Gasteiger partial charge in [0, 0.05) is 29.2 Å². The third-order valence-corrected chi connectivity index (χ3v) is 3.83. The number of hydrogen-bond acceptors (Lipinski definition) is 4. The molecule has 0 aliphatic rings. The molecule has 0 N–H and O–H groups in total. The number of hydrogen-bond donors (Lipinski definition) is 0. The average molecular weight is 315 g/mol. The van der Waals surface area contributed by atoms with Crippen LogP contribution in [0.2, 0.25) is 0 Å². The molecule has 0 spiro atoms. The van der Waals surface area contributed by atoms with Gasteiger partial charge in [0.25, 0.3) is 0 Å². The van der Waals surface area contributed by atoms with Crippen LogP contribution in [0.25, 0.3) is 11.3 Å². The molecule has 4 nitrogen and oxygen atoms in total. The maximum Gasteiger partial charge on any atom is 0.138 e. The molecule has 2 heterocycles. The van der Waals surface area contributed by atoms with Crippen LogP contribution in [-0.4, -0.2) is 9.97 Å².